The van der Waals surface area contributed by atoms with Crippen LogP contribution in [-0.4, -0.2) is 35.5 Å². The number of rotatable bonds is 4. The second-order valence-electron chi connectivity index (χ2n) is 6.97. The van der Waals surface area contributed by atoms with Gasteiger partial charge in [-0.05, 0) is 42.0 Å². The molecule has 0 saturated carbocycles. The standard InChI is InChI=1S/C21H24N4O/c1-24(2)17-7-3-15(4-8-17)14-25-20-11-12-22-13-19(20)21(23-25)16-5-9-18(26)10-6-16/h3-10,22,26H,11-14H2,1-2H3. The number of phenolic OH excluding ortho intramolecular Hbond substituents is 1. The summed E-state index contributed by atoms with van der Waals surface area (Å²) in [5.74, 6) is 0.279. The van der Waals surface area contributed by atoms with E-state index in [1.807, 2.05) is 12.1 Å². The number of hydrogen-bond donors (Lipinski definition) is 2. The fraction of sp³-hybridized carbons (Fsp3) is 0.286. The number of fused-ring (bicyclic) bond motifs is 1. The molecule has 0 unspecified atom stereocenters. The monoisotopic (exact) mass is 348 g/mol. The molecule has 5 heteroatoms. The second-order valence-corrected chi connectivity index (χ2v) is 6.97. The third-order valence-electron chi connectivity index (χ3n) is 4.93. The minimum absolute atomic E-state index is 0.279. The number of anilines is 1. The molecule has 1 aromatic heterocycles. The maximum atomic E-state index is 9.56. The van der Waals surface area contributed by atoms with E-state index >= 15 is 0 Å². The van der Waals surface area contributed by atoms with Gasteiger partial charge < -0.3 is 15.3 Å². The second kappa shape index (κ2) is 6.84. The fourth-order valence-corrected chi connectivity index (χ4v) is 3.47. The molecule has 3 aromatic rings. The van der Waals surface area contributed by atoms with E-state index in [9.17, 15) is 5.11 Å². The van der Waals surface area contributed by atoms with Crippen molar-refractivity contribution in [3.63, 3.8) is 0 Å². The Balaban J connectivity index is 1.69. The highest BCUT2D eigenvalue weighted by atomic mass is 16.3. The quantitative estimate of drug-likeness (QED) is 0.761. The maximum absolute atomic E-state index is 9.56. The summed E-state index contributed by atoms with van der Waals surface area (Å²) < 4.78 is 2.14. The van der Waals surface area contributed by atoms with Crippen LogP contribution < -0.4 is 10.2 Å². The lowest BCUT2D eigenvalue weighted by molar-refractivity contribution is 0.475. The highest BCUT2D eigenvalue weighted by Crippen LogP contribution is 2.29. The van der Waals surface area contributed by atoms with Crippen molar-refractivity contribution in [3.8, 4) is 17.0 Å². The molecule has 2 aromatic carbocycles. The zero-order valence-electron chi connectivity index (χ0n) is 15.2. The van der Waals surface area contributed by atoms with Crippen molar-refractivity contribution in [2.24, 2.45) is 0 Å². The SMILES string of the molecule is CN(C)c1ccc(Cn2nc(-c3ccc(O)cc3)c3c2CCNC3)cc1. The molecule has 0 radical (unpaired) electrons. The fourth-order valence-electron chi connectivity index (χ4n) is 3.47. The molecule has 0 bridgehead atoms. The van der Waals surface area contributed by atoms with E-state index in [2.05, 4.69) is 53.3 Å². The summed E-state index contributed by atoms with van der Waals surface area (Å²) >= 11 is 0. The minimum atomic E-state index is 0.279. The Bertz CT molecular complexity index is 895. The summed E-state index contributed by atoms with van der Waals surface area (Å²) in [6.45, 7) is 2.59. The third-order valence-corrected chi connectivity index (χ3v) is 4.93. The van der Waals surface area contributed by atoms with Crippen LogP contribution in [0.4, 0.5) is 5.69 Å². The zero-order chi connectivity index (χ0) is 18.1. The summed E-state index contributed by atoms with van der Waals surface area (Å²) in [4.78, 5) is 2.11. The van der Waals surface area contributed by atoms with Gasteiger partial charge in [-0.3, -0.25) is 4.68 Å². The van der Waals surface area contributed by atoms with Crippen molar-refractivity contribution in [1.29, 1.82) is 0 Å². The topological polar surface area (TPSA) is 53.3 Å². The van der Waals surface area contributed by atoms with Gasteiger partial charge in [0.05, 0.1) is 12.2 Å². The first-order chi connectivity index (χ1) is 12.6. The van der Waals surface area contributed by atoms with E-state index in [4.69, 9.17) is 5.10 Å². The molecule has 0 saturated heterocycles. The van der Waals surface area contributed by atoms with Crippen LogP contribution in [0, 0.1) is 0 Å². The van der Waals surface area contributed by atoms with Gasteiger partial charge in [0.1, 0.15) is 5.75 Å². The van der Waals surface area contributed by atoms with Crippen molar-refractivity contribution in [3.05, 3.63) is 65.4 Å². The molecule has 5 nitrogen and oxygen atoms in total. The first-order valence-electron chi connectivity index (χ1n) is 8.97. The lowest BCUT2D eigenvalue weighted by Gasteiger charge is -2.16. The number of nitrogens with zero attached hydrogens (tertiary/aromatic N) is 3. The number of hydrogen-bond acceptors (Lipinski definition) is 4. The van der Waals surface area contributed by atoms with Gasteiger partial charge in [-0.1, -0.05) is 12.1 Å². The minimum Gasteiger partial charge on any atom is -0.508 e. The van der Waals surface area contributed by atoms with Crippen LogP contribution in [0.1, 0.15) is 16.8 Å². The van der Waals surface area contributed by atoms with Crippen LogP contribution in [0.3, 0.4) is 0 Å². The summed E-state index contributed by atoms with van der Waals surface area (Å²) in [6.07, 6.45) is 0.982. The Labute approximate surface area is 153 Å². The van der Waals surface area contributed by atoms with E-state index in [-0.39, 0.29) is 5.75 Å². The van der Waals surface area contributed by atoms with Gasteiger partial charge >= 0.3 is 0 Å². The first-order valence-corrected chi connectivity index (χ1v) is 8.97. The number of nitrogens with one attached hydrogen (secondary N) is 1. The Hall–Kier alpha value is -2.79. The molecular weight excluding hydrogens is 324 g/mol. The van der Waals surface area contributed by atoms with Crippen molar-refractivity contribution in [2.45, 2.75) is 19.5 Å². The van der Waals surface area contributed by atoms with Crippen LogP contribution in [0.25, 0.3) is 11.3 Å². The van der Waals surface area contributed by atoms with Crippen molar-refractivity contribution >= 4 is 5.69 Å². The molecule has 4 rings (SSSR count). The normalized spacial score (nSPS) is 13.5. The highest BCUT2D eigenvalue weighted by Gasteiger charge is 2.21. The van der Waals surface area contributed by atoms with E-state index in [1.54, 1.807) is 12.1 Å². The molecule has 1 aliphatic heterocycles. The van der Waals surface area contributed by atoms with Crippen LogP contribution in [0.15, 0.2) is 48.5 Å². The molecule has 0 aliphatic carbocycles. The van der Waals surface area contributed by atoms with Gasteiger partial charge in [0.25, 0.3) is 0 Å². The average Bonchev–Trinajstić information content (AvgIpc) is 3.02. The molecule has 0 fully saturated rings. The molecule has 26 heavy (non-hydrogen) atoms. The average molecular weight is 348 g/mol. The van der Waals surface area contributed by atoms with Crippen molar-refractivity contribution in [1.82, 2.24) is 15.1 Å². The lowest BCUT2D eigenvalue weighted by atomic mass is 10.0. The highest BCUT2D eigenvalue weighted by molar-refractivity contribution is 5.65. The molecule has 0 atom stereocenters. The number of benzene rings is 2. The number of aromatic hydroxyl groups is 1. The Morgan fingerprint density at radius 1 is 1.08 bits per heavy atom. The molecule has 2 N–H and O–H groups in total. The number of aromatic nitrogens is 2. The summed E-state index contributed by atoms with van der Waals surface area (Å²) in [5, 5.41) is 17.9. The Morgan fingerprint density at radius 3 is 2.50 bits per heavy atom. The van der Waals surface area contributed by atoms with Crippen molar-refractivity contribution in [2.75, 3.05) is 25.5 Å². The van der Waals surface area contributed by atoms with Gasteiger partial charge in [-0.25, -0.2) is 0 Å². The summed E-state index contributed by atoms with van der Waals surface area (Å²) in [6, 6.07) is 15.9. The maximum Gasteiger partial charge on any atom is 0.115 e. The van der Waals surface area contributed by atoms with Crippen LogP contribution in [0.2, 0.25) is 0 Å². The Kier molecular flexibility index (Phi) is 4.39. The Morgan fingerprint density at radius 2 is 1.81 bits per heavy atom. The lowest BCUT2D eigenvalue weighted by Crippen LogP contribution is -2.25. The van der Waals surface area contributed by atoms with Crippen molar-refractivity contribution < 1.29 is 5.11 Å². The molecular formula is C21H24N4O. The van der Waals surface area contributed by atoms with Gasteiger partial charge in [0.15, 0.2) is 0 Å². The molecule has 2 heterocycles. The van der Waals surface area contributed by atoms with Gasteiger partial charge in [-0.2, -0.15) is 5.10 Å². The molecule has 134 valence electrons. The van der Waals surface area contributed by atoms with Crippen LogP contribution >= 0.6 is 0 Å². The van der Waals surface area contributed by atoms with E-state index < -0.39 is 0 Å². The molecule has 0 spiro atoms. The molecule has 0 amide bonds. The zero-order valence-corrected chi connectivity index (χ0v) is 15.2. The molecule has 1 aliphatic rings. The summed E-state index contributed by atoms with van der Waals surface area (Å²) in [7, 11) is 4.10. The van der Waals surface area contributed by atoms with E-state index in [0.717, 1.165) is 37.3 Å². The van der Waals surface area contributed by atoms with Gasteiger partial charge in [-0.15, -0.1) is 0 Å². The van der Waals surface area contributed by atoms with Crippen LogP contribution in [-0.2, 0) is 19.5 Å². The van der Waals surface area contributed by atoms with Gasteiger partial charge in [0, 0.05) is 56.1 Å². The smallest absolute Gasteiger partial charge is 0.115 e. The third kappa shape index (κ3) is 3.18. The largest absolute Gasteiger partial charge is 0.508 e. The first kappa shape index (κ1) is 16.7. The number of phenols is 1. The van der Waals surface area contributed by atoms with E-state index in [1.165, 1.54) is 22.5 Å². The summed E-state index contributed by atoms with van der Waals surface area (Å²) in [5.41, 5.74) is 7.08. The predicted molar refractivity (Wildman–Crippen MR) is 105 cm³/mol. The van der Waals surface area contributed by atoms with Crippen LogP contribution in [0.5, 0.6) is 5.75 Å². The van der Waals surface area contributed by atoms with E-state index in [0.29, 0.717) is 0 Å². The predicted octanol–water partition coefficient (Wildman–Crippen LogP) is 3.02. The van der Waals surface area contributed by atoms with Gasteiger partial charge in [0.2, 0.25) is 0 Å².